The quantitative estimate of drug-likeness (QED) is 0.357. The summed E-state index contributed by atoms with van der Waals surface area (Å²) in [5.41, 5.74) is 4.89. The number of fused-ring (bicyclic) bond motifs is 1. The van der Waals surface area contributed by atoms with Gasteiger partial charge in [0.15, 0.2) is 5.58 Å². The van der Waals surface area contributed by atoms with Crippen LogP contribution in [0.25, 0.3) is 34.2 Å². The molecule has 5 rings (SSSR count). The van der Waals surface area contributed by atoms with Crippen LogP contribution in [0.4, 0.5) is 0 Å². The highest BCUT2D eigenvalue weighted by Crippen LogP contribution is 2.35. The van der Waals surface area contributed by atoms with Crippen molar-refractivity contribution in [2.24, 2.45) is 0 Å². The van der Waals surface area contributed by atoms with Crippen molar-refractivity contribution >= 4 is 45.8 Å². The van der Waals surface area contributed by atoms with Gasteiger partial charge >= 0.3 is 0 Å². The number of hydrogen-bond donors (Lipinski definition) is 0. The predicted molar refractivity (Wildman–Crippen MR) is 104 cm³/mol. The summed E-state index contributed by atoms with van der Waals surface area (Å²) in [5, 5.41) is 1.18. The zero-order chi connectivity index (χ0) is 17.7. The first-order valence-corrected chi connectivity index (χ1v) is 9.04. The van der Waals surface area contributed by atoms with Crippen LogP contribution in [-0.2, 0) is 13.0 Å². The Kier molecular flexibility index (Phi) is 3.62. The number of likely N-dealkylation sites (N-methyl/N-ethyl adjacent to an activating group) is 1. The van der Waals surface area contributed by atoms with E-state index >= 15 is 0 Å². The van der Waals surface area contributed by atoms with E-state index in [1.165, 1.54) is 10.9 Å². The van der Waals surface area contributed by atoms with Crippen molar-refractivity contribution in [3.63, 3.8) is 0 Å². The Balaban J connectivity index is 1.60. The van der Waals surface area contributed by atoms with Gasteiger partial charge in [-0.3, -0.25) is 4.90 Å². The Labute approximate surface area is 155 Å². The lowest BCUT2D eigenvalue weighted by Crippen LogP contribution is -2.26. The molecule has 1 unspecified atom stereocenters. The topological polar surface area (TPSA) is 42.4 Å². The number of oxazole rings is 1. The number of halogens is 1. The third-order valence-corrected chi connectivity index (χ3v) is 5.38. The molecule has 0 radical (unpaired) electrons. The summed E-state index contributed by atoms with van der Waals surface area (Å²) in [5.74, 6) is 1.39. The standard InChI is InChI=1S/C21H17ClN2O2/c1-24-12-14-16(9-10-20-23-15-6-2-3-7-17(15)26-20)25-18-8-4-5-13(21(14)18)11-19(24)22/h2-10,19H,11-12H2,1H3. The molecular formula is C21H17ClN2O2. The summed E-state index contributed by atoms with van der Waals surface area (Å²) < 4.78 is 11.9. The molecule has 0 amide bonds. The van der Waals surface area contributed by atoms with E-state index in [1.54, 1.807) is 0 Å². The van der Waals surface area contributed by atoms with Crippen molar-refractivity contribution in [2.45, 2.75) is 18.5 Å². The van der Waals surface area contributed by atoms with Crippen LogP contribution in [-0.4, -0.2) is 22.4 Å². The highest BCUT2D eigenvalue weighted by atomic mass is 35.5. The van der Waals surface area contributed by atoms with Gasteiger partial charge in [-0.2, -0.15) is 0 Å². The van der Waals surface area contributed by atoms with Crippen LogP contribution in [0.1, 0.15) is 22.8 Å². The zero-order valence-corrected chi connectivity index (χ0v) is 15.0. The molecule has 130 valence electrons. The third-order valence-electron chi connectivity index (χ3n) is 4.89. The van der Waals surface area contributed by atoms with Crippen LogP contribution in [0.15, 0.2) is 51.3 Å². The van der Waals surface area contributed by atoms with E-state index in [0.717, 1.165) is 41.0 Å². The molecule has 3 heterocycles. The molecule has 0 saturated carbocycles. The van der Waals surface area contributed by atoms with Crippen LogP contribution >= 0.6 is 11.6 Å². The molecule has 0 saturated heterocycles. The maximum Gasteiger partial charge on any atom is 0.220 e. The molecule has 0 bridgehead atoms. The Morgan fingerprint density at radius 1 is 1.08 bits per heavy atom. The number of rotatable bonds is 2. The number of nitrogens with zero attached hydrogens (tertiary/aromatic N) is 2. The molecule has 0 spiro atoms. The normalized spacial score (nSPS) is 18.2. The Hall–Kier alpha value is -2.56. The molecule has 1 aliphatic heterocycles. The summed E-state index contributed by atoms with van der Waals surface area (Å²) in [4.78, 5) is 6.63. The Morgan fingerprint density at radius 2 is 1.92 bits per heavy atom. The van der Waals surface area contributed by atoms with E-state index in [2.05, 4.69) is 16.0 Å². The molecule has 2 aromatic heterocycles. The summed E-state index contributed by atoms with van der Waals surface area (Å²) in [7, 11) is 2.04. The molecule has 4 nitrogen and oxygen atoms in total. The second kappa shape index (κ2) is 6.01. The maximum absolute atomic E-state index is 6.53. The third kappa shape index (κ3) is 2.54. The van der Waals surface area contributed by atoms with E-state index in [-0.39, 0.29) is 5.50 Å². The number of furan rings is 1. The van der Waals surface area contributed by atoms with Gasteiger partial charge in [0.25, 0.3) is 0 Å². The van der Waals surface area contributed by atoms with Crippen LogP contribution < -0.4 is 0 Å². The van der Waals surface area contributed by atoms with Crippen LogP contribution in [0.5, 0.6) is 0 Å². The molecule has 5 heteroatoms. The van der Waals surface area contributed by atoms with Gasteiger partial charge < -0.3 is 8.83 Å². The van der Waals surface area contributed by atoms with Gasteiger partial charge in [-0.05, 0) is 36.9 Å². The van der Waals surface area contributed by atoms with Crippen LogP contribution in [0.3, 0.4) is 0 Å². The SMILES string of the molecule is CN1Cc2c(C=Cc3nc4ccccc4o3)oc3cccc(c23)CC1Cl. The number of para-hydroxylation sites is 2. The summed E-state index contributed by atoms with van der Waals surface area (Å²) in [6.45, 7) is 0.741. The minimum Gasteiger partial charge on any atom is -0.456 e. The number of alkyl halides is 1. The largest absolute Gasteiger partial charge is 0.456 e. The van der Waals surface area contributed by atoms with E-state index in [1.807, 2.05) is 55.6 Å². The first-order chi connectivity index (χ1) is 12.7. The molecule has 26 heavy (non-hydrogen) atoms. The van der Waals surface area contributed by atoms with Gasteiger partial charge in [-0.25, -0.2) is 4.98 Å². The van der Waals surface area contributed by atoms with E-state index < -0.39 is 0 Å². The van der Waals surface area contributed by atoms with Crippen molar-refractivity contribution in [3.8, 4) is 0 Å². The lowest BCUT2D eigenvalue weighted by Gasteiger charge is -2.19. The zero-order valence-electron chi connectivity index (χ0n) is 14.3. The minimum absolute atomic E-state index is 0.0260. The van der Waals surface area contributed by atoms with Gasteiger partial charge in [0.1, 0.15) is 16.9 Å². The van der Waals surface area contributed by atoms with Crippen molar-refractivity contribution in [1.82, 2.24) is 9.88 Å². The van der Waals surface area contributed by atoms with Crippen LogP contribution in [0.2, 0.25) is 0 Å². The molecule has 1 aliphatic rings. The summed E-state index contributed by atoms with van der Waals surface area (Å²) in [6, 6.07) is 13.9. The lowest BCUT2D eigenvalue weighted by atomic mass is 10.0. The number of hydrogen-bond acceptors (Lipinski definition) is 4. The number of benzene rings is 2. The second-order valence-electron chi connectivity index (χ2n) is 6.64. The first-order valence-electron chi connectivity index (χ1n) is 8.60. The summed E-state index contributed by atoms with van der Waals surface area (Å²) >= 11 is 6.53. The Morgan fingerprint density at radius 3 is 2.81 bits per heavy atom. The Bertz CT molecular complexity index is 1110. The van der Waals surface area contributed by atoms with Gasteiger partial charge in [-0.1, -0.05) is 24.3 Å². The smallest absolute Gasteiger partial charge is 0.220 e. The molecule has 1 atom stereocenters. The lowest BCUT2D eigenvalue weighted by molar-refractivity contribution is 0.302. The highest BCUT2D eigenvalue weighted by molar-refractivity contribution is 6.20. The van der Waals surface area contributed by atoms with Crippen molar-refractivity contribution < 1.29 is 8.83 Å². The van der Waals surface area contributed by atoms with Gasteiger partial charge in [0.05, 0.1) is 5.50 Å². The van der Waals surface area contributed by atoms with Crippen molar-refractivity contribution in [3.05, 3.63) is 65.2 Å². The average molecular weight is 365 g/mol. The maximum atomic E-state index is 6.53. The van der Waals surface area contributed by atoms with Crippen LogP contribution in [0, 0.1) is 0 Å². The minimum atomic E-state index is -0.0260. The molecule has 0 aliphatic carbocycles. The predicted octanol–water partition coefficient (Wildman–Crippen LogP) is 5.30. The first kappa shape index (κ1) is 15.7. The van der Waals surface area contributed by atoms with E-state index in [9.17, 15) is 0 Å². The fourth-order valence-corrected chi connectivity index (χ4v) is 3.80. The molecule has 4 aromatic rings. The number of aromatic nitrogens is 1. The fourth-order valence-electron chi connectivity index (χ4n) is 3.56. The fraction of sp³-hybridized carbons (Fsp3) is 0.190. The monoisotopic (exact) mass is 364 g/mol. The van der Waals surface area contributed by atoms with Gasteiger partial charge in [0, 0.05) is 30.0 Å². The second-order valence-corrected chi connectivity index (χ2v) is 7.15. The molecule has 0 N–H and O–H groups in total. The van der Waals surface area contributed by atoms with Crippen molar-refractivity contribution in [2.75, 3.05) is 7.05 Å². The summed E-state index contributed by atoms with van der Waals surface area (Å²) in [6.07, 6.45) is 4.60. The van der Waals surface area contributed by atoms with E-state index in [0.29, 0.717) is 5.89 Å². The van der Waals surface area contributed by atoms with Gasteiger partial charge in [-0.15, -0.1) is 11.6 Å². The van der Waals surface area contributed by atoms with Gasteiger partial charge in [0.2, 0.25) is 5.89 Å². The van der Waals surface area contributed by atoms with Crippen molar-refractivity contribution in [1.29, 1.82) is 0 Å². The molecule has 2 aromatic carbocycles. The molecular weight excluding hydrogens is 348 g/mol. The highest BCUT2D eigenvalue weighted by Gasteiger charge is 2.25. The average Bonchev–Trinajstić information content (AvgIpc) is 3.17. The van der Waals surface area contributed by atoms with E-state index in [4.69, 9.17) is 20.4 Å². The molecule has 0 fully saturated rings.